The van der Waals surface area contributed by atoms with Gasteiger partial charge in [0.15, 0.2) is 5.69 Å². The Morgan fingerprint density at radius 3 is 2.29 bits per heavy atom. The number of aromatic nitrogens is 5. The fraction of sp³-hybridized carbons (Fsp3) is 0.237. The summed E-state index contributed by atoms with van der Waals surface area (Å²) in [5.41, 5.74) is -0.828. The number of likely N-dealkylation sites (N-methyl/N-ethyl adjacent to an activating group) is 1. The largest absolute Gasteiger partial charge is 0.744 e. The van der Waals surface area contributed by atoms with Gasteiger partial charge in [0.2, 0.25) is 5.89 Å². The lowest BCUT2D eigenvalue weighted by atomic mass is 10.1. The van der Waals surface area contributed by atoms with Crippen molar-refractivity contribution in [3.63, 3.8) is 0 Å². The van der Waals surface area contributed by atoms with Crippen molar-refractivity contribution in [3.05, 3.63) is 142 Å². The molecule has 6 rings (SSSR count). The number of nitrogens with zero attached hydrogens (tertiary/aromatic N) is 7. The molecule has 14 nitrogen and oxygen atoms in total. The van der Waals surface area contributed by atoms with E-state index in [1.165, 1.54) is 59.0 Å². The number of hydrogen-bond acceptors (Lipinski definition) is 8. The number of hydrogen-bond donors (Lipinski definition) is 1. The Labute approximate surface area is 320 Å². The van der Waals surface area contributed by atoms with E-state index in [-0.39, 0.29) is 27.7 Å². The summed E-state index contributed by atoms with van der Waals surface area (Å²) in [6.45, 7) is 9.69. The Morgan fingerprint density at radius 1 is 1.02 bits per heavy atom. The summed E-state index contributed by atoms with van der Waals surface area (Å²) in [4.78, 5) is 35.5. The molecule has 0 aliphatic carbocycles. The first-order valence-corrected chi connectivity index (χ1v) is 18.3. The monoisotopic (exact) mass is 790 g/mol. The molecule has 56 heavy (non-hydrogen) atoms. The molecule has 0 radical (unpaired) electrons. The molecule has 0 aliphatic heterocycles. The van der Waals surface area contributed by atoms with Gasteiger partial charge < -0.3 is 18.8 Å². The summed E-state index contributed by atoms with van der Waals surface area (Å²) < 4.78 is 82.1. The summed E-state index contributed by atoms with van der Waals surface area (Å²) in [5, 5.41) is 7.15. The van der Waals surface area contributed by atoms with Crippen molar-refractivity contribution in [2.45, 2.75) is 30.5 Å². The van der Waals surface area contributed by atoms with E-state index in [0.717, 1.165) is 27.8 Å². The second-order valence-corrected chi connectivity index (χ2v) is 14.9. The quantitative estimate of drug-likeness (QED) is 0.102. The summed E-state index contributed by atoms with van der Waals surface area (Å²) >= 11 is 0. The van der Waals surface area contributed by atoms with Gasteiger partial charge in [-0.2, -0.15) is 18.3 Å². The first-order valence-electron chi connectivity index (χ1n) is 16.9. The van der Waals surface area contributed by atoms with Crippen LogP contribution in [-0.4, -0.2) is 75.2 Å². The zero-order chi connectivity index (χ0) is 41.0. The van der Waals surface area contributed by atoms with Crippen molar-refractivity contribution in [1.29, 1.82) is 0 Å². The number of alkyl halides is 3. The predicted octanol–water partition coefficient (Wildman–Crippen LogP) is 5.92. The first kappa shape index (κ1) is 40.9. The molecule has 292 valence electrons. The van der Waals surface area contributed by atoms with Crippen LogP contribution in [0.2, 0.25) is 0 Å². The molecule has 3 aromatic carbocycles. The van der Waals surface area contributed by atoms with Crippen LogP contribution in [0.25, 0.3) is 27.6 Å². The van der Waals surface area contributed by atoms with Gasteiger partial charge in [-0.1, -0.05) is 36.4 Å². The maximum absolute atomic E-state index is 14.0. The van der Waals surface area contributed by atoms with Gasteiger partial charge in [0, 0.05) is 7.05 Å². The van der Waals surface area contributed by atoms with E-state index in [1.807, 2.05) is 0 Å². The van der Waals surface area contributed by atoms with Crippen LogP contribution in [0.15, 0.2) is 111 Å². The number of nitrogens with one attached hydrogen (secondary N) is 1. The van der Waals surface area contributed by atoms with Crippen molar-refractivity contribution in [2.75, 3.05) is 27.7 Å². The molecular weight excluding hydrogens is 754 g/mol. The molecule has 1 atom stereocenters. The Kier molecular flexibility index (Phi) is 11.8. The smallest absolute Gasteiger partial charge is 0.416 e. The van der Waals surface area contributed by atoms with Crippen molar-refractivity contribution < 1.29 is 39.8 Å². The topological polar surface area (TPSA) is 161 Å². The molecule has 3 aromatic heterocycles. The van der Waals surface area contributed by atoms with Gasteiger partial charge in [-0.3, -0.25) is 14.3 Å². The standard InChI is InChI=1S/C32H31F3N8O3.C6H6O3S/c1-20(30-37-19-25(46-30)15-17-43(4,5)6)39-29(44)27-28(26-14-16-38-41(26)23-12-10-22(36-2)11-13-23)40(3)42(31(27)45)24-9-7-8-21(18-24)32(33,34)35;7-10(8,9)6-4-2-1-3-5-6/h7-14,16,18-20H,15,17H2,1,3-6H3;1-5H,(H,7,8,9)/t20-;/m0./s1. The second kappa shape index (κ2) is 16.2. The summed E-state index contributed by atoms with van der Waals surface area (Å²) in [6, 6.07) is 18.8. The van der Waals surface area contributed by atoms with Crippen LogP contribution in [0.4, 0.5) is 18.9 Å². The second-order valence-electron chi connectivity index (χ2n) is 13.6. The normalized spacial score (nSPS) is 12.4. The van der Waals surface area contributed by atoms with E-state index in [9.17, 15) is 35.7 Å². The minimum absolute atomic E-state index is 0.0854. The lowest BCUT2D eigenvalue weighted by Gasteiger charge is -2.22. The Morgan fingerprint density at radius 2 is 1.70 bits per heavy atom. The van der Waals surface area contributed by atoms with Crippen LogP contribution in [0.5, 0.6) is 0 Å². The molecule has 0 saturated heterocycles. The van der Waals surface area contributed by atoms with E-state index >= 15 is 0 Å². The molecule has 3 heterocycles. The molecule has 0 unspecified atom stereocenters. The molecule has 0 fully saturated rings. The summed E-state index contributed by atoms with van der Waals surface area (Å²) in [5.74, 6) is 0.103. The Bertz CT molecular complexity index is 2540. The van der Waals surface area contributed by atoms with Gasteiger partial charge in [-0.15, -0.1) is 0 Å². The van der Waals surface area contributed by atoms with Crippen molar-refractivity contribution in [1.82, 2.24) is 29.4 Å². The molecule has 0 bridgehead atoms. The highest BCUT2D eigenvalue weighted by atomic mass is 32.2. The maximum Gasteiger partial charge on any atom is 0.416 e. The number of benzene rings is 3. The fourth-order valence-electron chi connectivity index (χ4n) is 5.57. The molecule has 18 heteroatoms. The van der Waals surface area contributed by atoms with E-state index in [2.05, 4.69) is 41.4 Å². The van der Waals surface area contributed by atoms with Crippen molar-refractivity contribution in [2.24, 2.45) is 7.05 Å². The third-order valence-corrected chi connectivity index (χ3v) is 9.22. The van der Waals surface area contributed by atoms with E-state index in [1.54, 1.807) is 49.5 Å². The molecule has 0 aliphatic rings. The van der Waals surface area contributed by atoms with Gasteiger partial charge in [0.25, 0.3) is 11.5 Å². The average Bonchev–Trinajstić information content (AvgIpc) is 3.88. The van der Waals surface area contributed by atoms with Crippen LogP contribution in [0.1, 0.15) is 40.5 Å². The van der Waals surface area contributed by atoms with Crippen LogP contribution in [0, 0.1) is 6.57 Å². The lowest BCUT2D eigenvalue weighted by Crippen LogP contribution is -2.36. The van der Waals surface area contributed by atoms with Crippen LogP contribution < -0.4 is 10.9 Å². The molecule has 0 saturated carbocycles. The van der Waals surface area contributed by atoms with E-state index in [0.29, 0.717) is 29.2 Å². The minimum atomic E-state index is -4.65. The lowest BCUT2D eigenvalue weighted by molar-refractivity contribution is -0.870. The van der Waals surface area contributed by atoms with Crippen LogP contribution >= 0.6 is 0 Å². The fourth-order valence-corrected chi connectivity index (χ4v) is 6.06. The van der Waals surface area contributed by atoms with Gasteiger partial charge in [-0.05, 0) is 55.5 Å². The third kappa shape index (κ3) is 9.49. The molecule has 6 aromatic rings. The third-order valence-electron chi connectivity index (χ3n) is 8.37. The number of halogens is 3. The highest BCUT2D eigenvalue weighted by Gasteiger charge is 2.33. The summed E-state index contributed by atoms with van der Waals surface area (Å²) in [6.07, 6.45) is -0.956. The molecular formula is C38H37F3N8O6S. The van der Waals surface area contributed by atoms with Crippen LogP contribution in [-0.2, 0) is 29.8 Å². The number of quaternary nitrogens is 1. The predicted molar refractivity (Wildman–Crippen MR) is 198 cm³/mol. The summed E-state index contributed by atoms with van der Waals surface area (Å²) in [7, 11) is 3.39. The molecule has 0 spiro atoms. The minimum Gasteiger partial charge on any atom is -0.744 e. The number of rotatable bonds is 10. The maximum atomic E-state index is 14.0. The number of oxazole rings is 1. The average molecular weight is 791 g/mol. The van der Waals surface area contributed by atoms with Gasteiger partial charge >= 0.3 is 6.18 Å². The Balaban J connectivity index is 0.000000522. The van der Waals surface area contributed by atoms with Crippen molar-refractivity contribution in [3.8, 4) is 22.8 Å². The molecule has 1 amide bonds. The van der Waals surface area contributed by atoms with Gasteiger partial charge in [0.1, 0.15) is 33.2 Å². The van der Waals surface area contributed by atoms with E-state index < -0.39 is 39.4 Å². The highest BCUT2D eigenvalue weighted by molar-refractivity contribution is 7.85. The number of carbonyl (C=O) groups is 1. The van der Waals surface area contributed by atoms with E-state index in [4.69, 9.17) is 11.0 Å². The molecule has 1 N–H and O–H groups in total. The van der Waals surface area contributed by atoms with Crippen molar-refractivity contribution >= 4 is 21.7 Å². The number of amides is 1. The van der Waals surface area contributed by atoms with Crippen LogP contribution in [0.3, 0.4) is 0 Å². The SMILES string of the molecule is O=S(=O)([O-])c1ccccc1.[C-]#[N+]c1ccc(-n2nccc2-c2c(C(=O)N[C@@H](C)c3ncc(CC[N+](C)(C)C)o3)c(=O)n(-c3cccc(C(F)(F)F)c3)n2C)cc1. The van der Waals surface area contributed by atoms with Gasteiger partial charge in [-0.25, -0.2) is 27.6 Å². The Hall–Kier alpha value is -6.29. The van der Waals surface area contributed by atoms with Gasteiger partial charge in [0.05, 0.1) is 80.6 Å². The zero-order valence-corrected chi connectivity index (χ0v) is 31.7. The highest BCUT2D eigenvalue weighted by Crippen LogP contribution is 2.32. The first-order chi connectivity index (χ1) is 26.3. The number of carbonyl (C=O) groups excluding carboxylic acids is 1. The zero-order valence-electron chi connectivity index (χ0n) is 30.9.